The van der Waals surface area contributed by atoms with Crippen LogP contribution < -0.4 is 5.73 Å². The van der Waals surface area contributed by atoms with E-state index in [1.165, 1.54) is 23.4 Å². The fourth-order valence-electron chi connectivity index (χ4n) is 2.38. The summed E-state index contributed by atoms with van der Waals surface area (Å²) in [4.78, 5) is 0. The molecule has 0 aliphatic rings. The highest BCUT2D eigenvalue weighted by molar-refractivity contribution is 5.26. The zero-order valence-electron chi connectivity index (χ0n) is 12.4. The molecule has 1 aromatic carbocycles. The van der Waals surface area contributed by atoms with E-state index in [9.17, 15) is 4.39 Å². The molecule has 4 heteroatoms. The van der Waals surface area contributed by atoms with Gasteiger partial charge in [-0.25, -0.2) is 4.39 Å². The fraction of sp³-hybridized carbons (Fsp3) is 0.438. The summed E-state index contributed by atoms with van der Waals surface area (Å²) in [6.45, 7) is 7.62. The van der Waals surface area contributed by atoms with Gasteiger partial charge in [-0.1, -0.05) is 19.1 Å². The van der Waals surface area contributed by atoms with Crippen LogP contribution in [-0.2, 0) is 13.0 Å². The molecule has 20 heavy (non-hydrogen) atoms. The second kappa shape index (κ2) is 6.18. The van der Waals surface area contributed by atoms with Crippen LogP contribution in [0.25, 0.3) is 0 Å². The largest absolute Gasteiger partial charge is 0.330 e. The van der Waals surface area contributed by atoms with Crippen LogP contribution in [0.4, 0.5) is 4.39 Å². The van der Waals surface area contributed by atoms with E-state index in [-0.39, 0.29) is 5.82 Å². The van der Waals surface area contributed by atoms with Crippen LogP contribution >= 0.6 is 0 Å². The summed E-state index contributed by atoms with van der Waals surface area (Å²) in [6, 6.07) is 6.57. The maximum absolute atomic E-state index is 12.9. The Hall–Kier alpha value is -1.68. The van der Waals surface area contributed by atoms with E-state index < -0.39 is 0 Å². The van der Waals surface area contributed by atoms with Gasteiger partial charge in [0.1, 0.15) is 5.82 Å². The summed E-state index contributed by atoms with van der Waals surface area (Å²) in [7, 11) is 0. The third-order valence-corrected chi connectivity index (χ3v) is 3.73. The van der Waals surface area contributed by atoms with Crippen molar-refractivity contribution >= 4 is 0 Å². The lowest BCUT2D eigenvalue weighted by molar-refractivity contribution is 0.587. The molecule has 0 amide bonds. The molecule has 3 nitrogen and oxygen atoms in total. The molecule has 1 atom stereocenters. The molecule has 2 rings (SSSR count). The summed E-state index contributed by atoms with van der Waals surface area (Å²) in [5.74, 6) is 0.246. The Morgan fingerprint density at radius 2 is 1.90 bits per heavy atom. The maximum atomic E-state index is 12.9. The van der Waals surface area contributed by atoms with Crippen molar-refractivity contribution in [2.24, 2.45) is 11.7 Å². The van der Waals surface area contributed by atoms with E-state index in [4.69, 9.17) is 5.73 Å². The Morgan fingerprint density at radius 1 is 1.25 bits per heavy atom. The summed E-state index contributed by atoms with van der Waals surface area (Å²) in [6.07, 6.45) is 0.956. The average Bonchev–Trinajstić information content (AvgIpc) is 2.69. The SMILES string of the molecule is Cc1nn(Cc2ccc(F)cc2)c(C)c1CC(C)CN. The minimum atomic E-state index is -0.209. The second-order valence-electron chi connectivity index (χ2n) is 5.48. The molecule has 0 spiro atoms. The smallest absolute Gasteiger partial charge is 0.123 e. The van der Waals surface area contributed by atoms with Crippen LogP contribution in [0.15, 0.2) is 24.3 Å². The number of hydrogen-bond donors (Lipinski definition) is 1. The van der Waals surface area contributed by atoms with Crippen LogP contribution in [-0.4, -0.2) is 16.3 Å². The summed E-state index contributed by atoms with van der Waals surface area (Å²) < 4.78 is 14.9. The van der Waals surface area contributed by atoms with Gasteiger partial charge in [-0.3, -0.25) is 4.68 Å². The first-order valence-corrected chi connectivity index (χ1v) is 6.98. The Labute approximate surface area is 119 Å². The van der Waals surface area contributed by atoms with Gasteiger partial charge in [0.15, 0.2) is 0 Å². The van der Waals surface area contributed by atoms with Crippen LogP contribution in [0.2, 0.25) is 0 Å². The number of aromatic nitrogens is 2. The first kappa shape index (κ1) is 14.7. The second-order valence-corrected chi connectivity index (χ2v) is 5.48. The third kappa shape index (κ3) is 3.25. The lowest BCUT2D eigenvalue weighted by atomic mass is 10.00. The van der Waals surface area contributed by atoms with Gasteiger partial charge >= 0.3 is 0 Å². The monoisotopic (exact) mass is 275 g/mol. The first-order chi connectivity index (χ1) is 9.51. The molecule has 1 unspecified atom stereocenters. The Kier molecular flexibility index (Phi) is 4.55. The molecule has 2 aromatic rings. The number of halogens is 1. The molecule has 2 N–H and O–H groups in total. The van der Waals surface area contributed by atoms with Gasteiger partial charge in [-0.15, -0.1) is 0 Å². The van der Waals surface area contributed by atoms with Crippen molar-refractivity contribution < 1.29 is 4.39 Å². The summed E-state index contributed by atoms with van der Waals surface area (Å²) >= 11 is 0. The van der Waals surface area contributed by atoms with Crippen LogP contribution in [0.1, 0.15) is 29.4 Å². The zero-order valence-corrected chi connectivity index (χ0v) is 12.4. The number of rotatable bonds is 5. The average molecular weight is 275 g/mol. The number of nitrogens with two attached hydrogens (primary N) is 1. The minimum Gasteiger partial charge on any atom is -0.330 e. The molecule has 1 heterocycles. The van der Waals surface area contributed by atoms with E-state index in [0.717, 1.165) is 17.7 Å². The highest BCUT2D eigenvalue weighted by Gasteiger charge is 2.14. The topological polar surface area (TPSA) is 43.8 Å². The molecule has 0 radical (unpaired) electrons. The first-order valence-electron chi connectivity index (χ1n) is 6.98. The number of aryl methyl sites for hydroxylation is 1. The summed E-state index contributed by atoms with van der Waals surface area (Å²) in [5, 5.41) is 4.60. The fourth-order valence-corrected chi connectivity index (χ4v) is 2.38. The molecule has 0 fully saturated rings. The number of nitrogens with zero attached hydrogens (tertiary/aromatic N) is 2. The van der Waals surface area contributed by atoms with Crippen LogP contribution in [0, 0.1) is 25.6 Å². The number of benzene rings is 1. The molecule has 0 aliphatic heterocycles. The van der Waals surface area contributed by atoms with Crippen LogP contribution in [0.5, 0.6) is 0 Å². The molecule has 0 saturated carbocycles. The molecular weight excluding hydrogens is 253 g/mol. The minimum absolute atomic E-state index is 0.209. The van der Waals surface area contributed by atoms with Crippen molar-refractivity contribution in [3.8, 4) is 0 Å². The van der Waals surface area contributed by atoms with E-state index in [2.05, 4.69) is 18.9 Å². The molecule has 0 bridgehead atoms. The van der Waals surface area contributed by atoms with Crippen LogP contribution in [0.3, 0.4) is 0 Å². The molecular formula is C16H22FN3. The van der Waals surface area contributed by atoms with E-state index >= 15 is 0 Å². The lowest BCUT2D eigenvalue weighted by Crippen LogP contribution is -2.14. The lowest BCUT2D eigenvalue weighted by Gasteiger charge is -2.09. The van der Waals surface area contributed by atoms with Gasteiger partial charge in [0.05, 0.1) is 12.2 Å². The standard InChI is InChI=1S/C16H22FN3/c1-11(9-18)8-16-12(2)19-20(13(16)3)10-14-4-6-15(17)7-5-14/h4-7,11H,8-10,18H2,1-3H3. The quantitative estimate of drug-likeness (QED) is 0.912. The van der Waals surface area contributed by atoms with Gasteiger partial charge in [-0.2, -0.15) is 5.10 Å². The van der Waals surface area contributed by atoms with E-state index in [1.807, 2.05) is 11.6 Å². The van der Waals surface area contributed by atoms with E-state index in [1.54, 1.807) is 12.1 Å². The number of hydrogen-bond acceptors (Lipinski definition) is 2. The van der Waals surface area contributed by atoms with Crippen molar-refractivity contribution in [2.45, 2.75) is 33.7 Å². The van der Waals surface area contributed by atoms with Crippen molar-refractivity contribution in [3.05, 3.63) is 52.6 Å². The van der Waals surface area contributed by atoms with Gasteiger partial charge in [-0.05, 0) is 56.0 Å². The normalized spacial score (nSPS) is 12.7. The third-order valence-electron chi connectivity index (χ3n) is 3.73. The van der Waals surface area contributed by atoms with Gasteiger partial charge < -0.3 is 5.73 Å². The summed E-state index contributed by atoms with van der Waals surface area (Å²) in [5.41, 5.74) is 10.3. The van der Waals surface area contributed by atoms with Gasteiger partial charge in [0.25, 0.3) is 0 Å². The van der Waals surface area contributed by atoms with Gasteiger partial charge in [0.2, 0.25) is 0 Å². The Bertz CT molecular complexity index is 572. The predicted molar refractivity (Wildman–Crippen MR) is 79.1 cm³/mol. The predicted octanol–water partition coefficient (Wildman–Crippen LogP) is 2.82. The highest BCUT2D eigenvalue weighted by Crippen LogP contribution is 2.18. The Balaban J connectivity index is 2.21. The van der Waals surface area contributed by atoms with Gasteiger partial charge in [0, 0.05) is 5.69 Å². The van der Waals surface area contributed by atoms with Crippen molar-refractivity contribution in [3.63, 3.8) is 0 Å². The van der Waals surface area contributed by atoms with E-state index in [0.29, 0.717) is 19.0 Å². The Morgan fingerprint density at radius 3 is 2.50 bits per heavy atom. The van der Waals surface area contributed by atoms with Crippen molar-refractivity contribution in [1.29, 1.82) is 0 Å². The molecule has 1 aromatic heterocycles. The highest BCUT2D eigenvalue weighted by atomic mass is 19.1. The molecule has 108 valence electrons. The maximum Gasteiger partial charge on any atom is 0.123 e. The zero-order chi connectivity index (χ0) is 14.7. The molecule has 0 aliphatic carbocycles. The van der Waals surface area contributed by atoms with Crippen molar-refractivity contribution in [2.75, 3.05) is 6.54 Å². The molecule has 0 saturated heterocycles. The van der Waals surface area contributed by atoms with Crippen molar-refractivity contribution in [1.82, 2.24) is 9.78 Å².